The molecule has 4 N–H and O–H groups in total. The number of benzene rings is 1. The van der Waals surface area contributed by atoms with Crippen LogP contribution < -0.4 is 16.6 Å². The molecule has 2 rings (SSSR count). The normalized spacial score (nSPS) is 12.6. The van der Waals surface area contributed by atoms with Gasteiger partial charge in [-0.1, -0.05) is 13.8 Å². The Morgan fingerprint density at radius 1 is 1.26 bits per heavy atom. The van der Waals surface area contributed by atoms with Crippen molar-refractivity contribution in [1.29, 1.82) is 0 Å². The van der Waals surface area contributed by atoms with Gasteiger partial charge in [-0.2, -0.15) is 4.31 Å². The molecule has 0 radical (unpaired) electrons. The van der Waals surface area contributed by atoms with Crippen molar-refractivity contribution in [2.75, 3.05) is 19.6 Å². The van der Waals surface area contributed by atoms with Crippen molar-refractivity contribution in [2.24, 2.45) is 5.73 Å². The van der Waals surface area contributed by atoms with Gasteiger partial charge in [-0.05, 0) is 25.1 Å². The van der Waals surface area contributed by atoms with E-state index >= 15 is 0 Å². The molecule has 0 unspecified atom stereocenters. The van der Waals surface area contributed by atoms with Crippen LogP contribution in [0.25, 0.3) is 10.9 Å². The van der Waals surface area contributed by atoms with Crippen LogP contribution in [-0.4, -0.2) is 49.3 Å². The summed E-state index contributed by atoms with van der Waals surface area (Å²) in [5.74, 6) is -0.476. The van der Waals surface area contributed by atoms with Gasteiger partial charge >= 0.3 is 0 Å². The van der Waals surface area contributed by atoms with Crippen molar-refractivity contribution in [1.82, 2.24) is 14.6 Å². The number of pyridine rings is 1. The van der Waals surface area contributed by atoms with E-state index in [4.69, 9.17) is 5.73 Å². The number of aromatic nitrogens is 1. The highest BCUT2D eigenvalue weighted by Crippen LogP contribution is 2.22. The summed E-state index contributed by atoms with van der Waals surface area (Å²) >= 11 is 0. The minimum absolute atomic E-state index is 0. The fraction of sp³-hybridized carbons (Fsp3) is 0.412. The molecule has 8 nitrogen and oxygen atoms in total. The number of sulfonamides is 1. The number of nitrogens with one attached hydrogen (secondary N) is 2. The topological polar surface area (TPSA) is 125 Å². The highest BCUT2D eigenvalue weighted by molar-refractivity contribution is 7.89. The molecule has 27 heavy (non-hydrogen) atoms. The number of hydrogen-bond donors (Lipinski definition) is 3. The fourth-order valence-corrected chi connectivity index (χ4v) is 4.14. The number of aromatic amines is 1. The summed E-state index contributed by atoms with van der Waals surface area (Å²) < 4.78 is 26.8. The molecule has 1 heterocycles. The molecule has 1 aromatic carbocycles. The minimum atomic E-state index is -3.68. The zero-order valence-corrected chi connectivity index (χ0v) is 17.1. The van der Waals surface area contributed by atoms with E-state index in [0.717, 1.165) is 6.07 Å². The first kappa shape index (κ1) is 23.1. The molecule has 1 atom stereocenters. The number of nitrogens with two attached hydrogens (primary N) is 1. The van der Waals surface area contributed by atoms with E-state index in [0.29, 0.717) is 24.0 Å². The highest BCUT2D eigenvalue weighted by atomic mass is 35.5. The first-order valence-corrected chi connectivity index (χ1v) is 9.86. The van der Waals surface area contributed by atoms with Crippen LogP contribution in [-0.2, 0) is 10.0 Å². The summed E-state index contributed by atoms with van der Waals surface area (Å²) in [4.78, 5) is 27.1. The summed E-state index contributed by atoms with van der Waals surface area (Å²) in [5, 5.41) is 3.05. The zero-order valence-electron chi connectivity index (χ0n) is 15.5. The zero-order chi connectivity index (χ0) is 19.5. The van der Waals surface area contributed by atoms with E-state index in [1.165, 1.54) is 22.5 Å². The molecule has 0 aliphatic rings. The molecule has 0 spiro atoms. The SMILES string of the molecule is CCN(CC)S(=O)(=O)c1ccc2[nH]c(=O)cc(C(=O)N[C@@H](C)CN)c2c1.Cl. The number of H-pyrrole nitrogens is 1. The Hall–Kier alpha value is -1.94. The van der Waals surface area contributed by atoms with Gasteiger partial charge in [0.1, 0.15) is 0 Å². The number of hydrogen-bond acceptors (Lipinski definition) is 5. The van der Waals surface area contributed by atoms with E-state index in [1.807, 2.05) is 0 Å². The summed E-state index contributed by atoms with van der Waals surface area (Å²) in [6.07, 6.45) is 0. The average Bonchev–Trinajstić information content (AvgIpc) is 2.61. The van der Waals surface area contributed by atoms with Gasteiger partial charge < -0.3 is 16.0 Å². The van der Waals surface area contributed by atoms with Crippen molar-refractivity contribution in [3.63, 3.8) is 0 Å². The Morgan fingerprint density at radius 2 is 1.89 bits per heavy atom. The Morgan fingerprint density at radius 3 is 2.44 bits per heavy atom. The van der Waals surface area contributed by atoms with E-state index < -0.39 is 21.5 Å². The van der Waals surface area contributed by atoms with Crippen LogP contribution in [0.1, 0.15) is 31.1 Å². The van der Waals surface area contributed by atoms with Crippen molar-refractivity contribution >= 4 is 39.2 Å². The Kier molecular flexibility index (Phi) is 7.97. The van der Waals surface area contributed by atoms with Crippen LogP contribution in [0.3, 0.4) is 0 Å². The van der Waals surface area contributed by atoms with Gasteiger partial charge in [0.2, 0.25) is 15.6 Å². The lowest BCUT2D eigenvalue weighted by atomic mass is 10.1. The molecule has 10 heteroatoms. The molecule has 0 bridgehead atoms. The van der Waals surface area contributed by atoms with Crippen LogP contribution in [0.4, 0.5) is 0 Å². The second-order valence-electron chi connectivity index (χ2n) is 5.95. The molecule has 0 aliphatic heterocycles. The van der Waals surface area contributed by atoms with Gasteiger partial charge in [-0.25, -0.2) is 8.42 Å². The third-order valence-corrected chi connectivity index (χ3v) is 6.18. The smallest absolute Gasteiger partial charge is 0.252 e. The molecular formula is C17H25ClN4O4S. The predicted octanol–water partition coefficient (Wildman–Crippen LogP) is 1.06. The average molecular weight is 417 g/mol. The van der Waals surface area contributed by atoms with Crippen molar-refractivity contribution in [3.05, 3.63) is 40.2 Å². The van der Waals surface area contributed by atoms with E-state index in [-0.39, 0.29) is 35.5 Å². The van der Waals surface area contributed by atoms with Gasteiger partial charge in [0, 0.05) is 42.6 Å². The Labute approximate surface area is 164 Å². The lowest BCUT2D eigenvalue weighted by molar-refractivity contribution is 0.0942. The number of halogens is 1. The van der Waals surface area contributed by atoms with Gasteiger partial charge in [-0.15, -0.1) is 12.4 Å². The summed E-state index contributed by atoms with van der Waals surface area (Å²) in [5.41, 5.74) is 5.58. The largest absolute Gasteiger partial charge is 0.348 e. The van der Waals surface area contributed by atoms with Crippen LogP contribution in [0.2, 0.25) is 0 Å². The maximum atomic E-state index is 12.7. The molecule has 0 saturated carbocycles. The molecule has 2 aromatic rings. The number of amides is 1. The molecule has 0 saturated heterocycles. The molecular weight excluding hydrogens is 392 g/mol. The van der Waals surface area contributed by atoms with Gasteiger partial charge in [-0.3, -0.25) is 9.59 Å². The quantitative estimate of drug-likeness (QED) is 0.622. The van der Waals surface area contributed by atoms with Crippen molar-refractivity contribution < 1.29 is 13.2 Å². The van der Waals surface area contributed by atoms with Crippen LogP contribution >= 0.6 is 12.4 Å². The Balaban J connectivity index is 0.00000364. The minimum Gasteiger partial charge on any atom is -0.348 e. The van der Waals surface area contributed by atoms with Gasteiger partial charge in [0.25, 0.3) is 5.91 Å². The predicted molar refractivity (Wildman–Crippen MR) is 108 cm³/mol. The van der Waals surface area contributed by atoms with E-state index in [9.17, 15) is 18.0 Å². The third-order valence-electron chi connectivity index (χ3n) is 4.13. The lowest BCUT2D eigenvalue weighted by Gasteiger charge is -2.19. The maximum Gasteiger partial charge on any atom is 0.252 e. The monoisotopic (exact) mass is 416 g/mol. The third kappa shape index (κ3) is 4.86. The van der Waals surface area contributed by atoms with E-state index in [1.54, 1.807) is 20.8 Å². The second-order valence-corrected chi connectivity index (χ2v) is 7.89. The van der Waals surface area contributed by atoms with E-state index in [2.05, 4.69) is 10.3 Å². The standard InChI is InChI=1S/C17H24N4O4S.ClH/c1-4-21(5-2)26(24,25)12-6-7-15-13(8-12)14(9-16(22)20-15)17(23)19-11(3)10-18;/h6-9,11H,4-5,10,18H2,1-3H3,(H,19,23)(H,20,22);1H/t11-;/m0./s1. The number of rotatable bonds is 7. The molecule has 0 fully saturated rings. The Bertz CT molecular complexity index is 971. The lowest BCUT2D eigenvalue weighted by Crippen LogP contribution is -2.38. The first-order chi connectivity index (χ1) is 12.2. The number of carbonyl (C=O) groups excluding carboxylic acids is 1. The number of nitrogens with zero attached hydrogens (tertiary/aromatic N) is 1. The highest BCUT2D eigenvalue weighted by Gasteiger charge is 2.23. The van der Waals surface area contributed by atoms with Crippen molar-refractivity contribution in [2.45, 2.75) is 31.7 Å². The molecule has 0 aliphatic carbocycles. The van der Waals surface area contributed by atoms with Crippen LogP contribution in [0.15, 0.2) is 34.0 Å². The van der Waals surface area contributed by atoms with Crippen LogP contribution in [0, 0.1) is 0 Å². The van der Waals surface area contributed by atoms with Crippen molar-refractivity contribution in [3.8, 4) is 0 Å². The summed E-state index contributed by atoms with van der Waals surface area (Å²) in [6, 6.07) is 5.22. The van der Waals surface area contributed by atoms with Gasteiger partial charge in [0.15, 0.2) is 0 Å². The molecule has 1 amide bonds. The second kappa shape index (κ2) is 9.32. The maximum absolute atomic E-state index is 12.7. The number of carbonyl (C=O) groups is 1. The van der Waals surface area contributed by atoms with Gasteiger partial charge in [0.05, 0.1) is 10.5 Å². The summed E-state index contributed by atoms with van der Waals surface area (Å²) in [7, 11) is -3.68. The van der Waals surface area contributed by atoms with Crippen LogP contribution in [0.5, 0.6) is 0 Å². The first-order valence-electron chi connectivity index (χ1n) is 8.42. The summed E-state index contributed by atoms with van der Waals surface area (Å²) in [6.45, 7) is 6.17. The fourth-order valence-electron chi connectivity index (χ4n) is 2.65. The number of fused-ring (bicyclic) bond motifs is 1. The molecule has 1 aromatic heterocycles. The molecule has 150 valence electrons.